The van der Waals surface area contributed by atoms with Crippen LogP contribution in [0.1, 0.15) is 39.0 Å². The molecule has 0 atom stereocenters. The molecule has 0 unspecified atom stereocenters. The van der Waals surface area contributed by atoms with Crippen LogP contribution in [0.4, 0.5) is 5.13 Å². The van der Waals surface area contributed by atoms with Gasteiger partial charge in [-0.2, -0.15) is 0 Å². The first kappa shape index (κ1) is 17.2. The van der Waals surface area contributed by atoms with Gasteiger partial charge in [-0.3, -0.25) is 14.9 Å². The molecule has 1 aliphatic rings. The first-order chi connectivity index (χ1) is 10.5. The smallest absolute Gasteiger partial charge is 0.316 e. The average Bonchev–Trinajstić information content (AvgIpc) is 2.94. The van der Waals surface area contributed by atoms with Crippen molar-refractivity contribution >= 4 is 40.1 Å². The van der Waals surface area contributed by atoms with Gasteiger partial charge in [-0.05, 0) is 19.8 Å². The third-order valence-corrected chi connectivity index (χ3v) is 5.39. The monoisotopic (exact) mass is 344 g/mol. The molecule has 7 nitrogen and oxygen atoms in total. The fourth-order valence-electron chi connectivity index (χ4n) is 2.27. The van der Waals surface area contributed by atoms with Crippen LogP contribution in [0.5, 0.6) is 0 Å². The number of thioether (sulfide) groups is 1. The Hall–Kier alpha value is -1.19. The van der Waals surface area contributed by atoms with Crippen LogP contribution in [0.15, 0.2) is 4.34 Å². The number of nitrogens with zero attached hydrogens (tertiary/aromatic N) is 2. The van der Waals surface area contributed by atoms with Gasteiger partial charge in [0.15, 0.2) is 4.34 Å². The molecular weight excluding hydrogens is 324 g/mol. The molecule has 1 saturated carbocycles. The Balaban J connectivity index is 1.86. The number of nitrogens with one attached hydrogen (secondary N) is 1. The maximum Gasteiger partial charge on any atom is 0.316 e. The number of hydrogen-bond acceptors (Lipinski definition) is 8. The molecule has 0 bridgehead atoms. The highest BCUT2D eigenvalue weighted by atomic mass is 32.2. The molecule has 1 aliphatic carbocycles. The van der Waals surface area contributed by atoms with Crippen LogP contribution in [0.25, 0.3) is 0 Å². The second-order valence-corrected chi connectivity index (χ2v) is 7.34. The number of amides is 1. The summed E-state index contributed by atoms with van der Waals surface area (Å²) in [4.78, 5) is 23.5. The van der Waals surface area contributed by atoms with Gasteiger partial charge in [-0.15, -0.1) is 10.2 Å². The number of esters is 1. The van der Waals surface area contributed by atoms with Crippen LogP contribution in [0, 0.1) is 0 Å². The standard InChI is InChI=1S/C13H20N4O3S2/c1-2-20-9(18)8-21-12-17-16-11(22-12)15-10(19)13(14)6-4-3-5-7-13/h2-8,14H2,1H3,(H,15,16,19). The predicted octanol–water partition coefficient (Wildman–Crippen LogP) is 1.79. The second-order valence-electron chi connectivity index (χ2n) is 5.14. The maximum absolute atomic E-state index is 12.3. The van der Waals surface area contributed by atoms with Crippen molar-refractivity contribution in [2.45, 2.75) is 48.9 Å². The molecule has 1 aromatic rings. The van der Waals surface area contributed by atoms with E-state index in [-0.39, 0.29) is 17.6 Å². The van der Waals surface area contributed by atoms with Crippen LogP contribution in [0.3, 0.4) is 0 Å². The Morgan fingerprint density at radius 2 is 2.09 bits per heavy atom. The van der Waals surface area contributed by atoms with Gasteiger partial charge in [0.25, 0.3) is 0 Å². The molecule has 0 aromatic carbocycles. The summed E-state index contributed by atoms with van der Waals surface area (Å²) in [5.41, 5.74) is 5.36. The molecule has 1 aromatic heterocycles. The van der Waals surface area contributed by atoms with Crippen molar-refractivity contribution in [3.05, 3.63) is 0 Å². The minimum atomic E-state index is -0.803. The zero-order chi connectivity index (χ0) is 16.0. The summed E-state index contributed by atoms with van der Waals surface area (Å²) in [7, 11) is 0. The molecule has 3 N–H and O–H groups in total. The number of rotatable bonds is 6. The van der Waals surface area contributed by atoms with Gasteiger partial charge in [0, 0.05) is 0 Å². The van der Waals surface area contributed by atoms with Crippen molar-refractivity contribution in [3.8, 4) is 0 Å². The normalized spacial score (nSPS) is 17.0. The Labute approximate surface area is 137 Å². The number of hydrogen-bond donors (Lipinski definition) is 2. The number of carbonyl (C=O) groups is 2. The number of anilines is 1. The fourth-order valence-corrected chi connectivity index (χ4v) is 3.82. The minimum Gasteiger partial charge on any atom is -0.465 e. The summed E-state index contributed by atoms with van der Waals surface area (Å²) >= 11 is 2.47. The number of nitrogens with two attached hydrogens (primary N) is 1. The lowest BCUT2D eigenvalue weighted by Crippen LogP contribution is -2.52. The molecule has 0 saturated heterocycles. The predicted molar refractivity (Wildman–Crippen MR) is 85.9 cm³/mol. The summed E-state index contributed by atoms with van der Waals surface area (Å²) in [6, 6.07) is 0. The van der Waals surface area contributed by atoms with Gasteiger partial charge in [0.1, 0.15) is 0 Å². The summed E-state index contributed by atoms with van der Waals surface area (Å²) in [6.45, 7) is 2.12. The third kappa shape index (κ3) is 4.65. The topological polar surface area (TPSA) is 107 Å². The molecule has 1 fully saturated rings. The first-order valence-corrected chi connectivity index (χ1v) is 9.06. The van der Waals surface area contributed by atoms with Gasteiger partial charge >= 0.3 is 5.97 Å². The van der Waals surface area contributed by atoms with Gasteiger partial charge in [0.05, 0.1) is 17.9 Å². The highest BCUT2D eigenvalue weighted by Gasteiger charge is 2.35. The van der Waals surface area contributed by atoms with Gasteiger partial charge < -0.3 is 10.5 Å². The van der Waals surface area contributed by atoms with Crippen LogP contribution in [-0.2, 0) is 14.3 Å². The highest BCUT2D eigenvalue weighted by Crippen LogP contribution is 2.29. The van der Waals surface area contributed by atoms with E-state index in [1.165, 1.54) is 23.1 Å². The van der Waals surface area contributed by atoms with Crippen LogP contribution in [-0.4, -0.2) is 40.0 Å². The summed E-state index contributed by atoms with van der Waals surface area (Å²) in [5.74, 6) is -0.321. The SMILES string of the molecule is CCOC(=O)CSc1nnc(NC(=O)C2(N)CCCCC2)s1. The molecule has 0 spiro atoms. The van der Waals surface area contributed by atoms with E-state index in [9.17, 15) is 9.59 Å². The molecule has 0 radical (unpaired) electrons. The largest absolute Gasteiger partial charge is 0.465 e. The molecule has 1 amide bonds. The van der Waals surface area contributed by atoms with E-state index in [1.54, 1.807) is 6.92 Å². The molecule has 1 heterocycles. The van der Waals surface area contributed by atoms with E-state index in [0.29, 0.717) is 28.9 Å². The first-order valence-electron chi connectivity index (χ1n) is 7.26. The molecule has 2 rings (SSSR count). The van der Waals surface area contributed by atoms with Crippen molar-refractivity contribution in [3.63, 3.8) is 0 Å². The maximum atomic E-state index is 12.3. The third-order valence-electron chi connectivity index (χ3n) is 3.44. The van der Waals surface area contributed by atoms with E-state index in [4.69, 9.17) is 10.5 Å². The number of carbonyl (C=O) groups excluding carboxylic acids is 2. The van der Waals surface area contributed by atoms with E-state index in [2.05, 4.69) is 15.5 Å². The molecule has 0 aliphatic heterocycles. The molecule has 9 heteroatoms. The number of ether oxygens (including phenoxy) is 1. The number of aromatic nitrogens is 2. The van der Waals surface area contributed by atoms with Crippen LogP contribution in [0.2, 0.25) is 0 Å². The summed E-state index contributed by atoms with van der Waals surface area (Å²) in [5, 5.41) is 11.0. The molecular formula is C13H20N4O3S2. The molecule has 122 valence electrons. The lowest BCUT2D eigenvalue weighted by molar-refractivity contribution is -0.139. The zero-order valence-corrected chi connectivity index (χ0v) is 14.1. The van der Waals surface area contributed by atoms with E-state index in [0.717, 1.165) is 19.3 Å². The Bertz CT molecular complexity index is 529. The van der Waals surface area contributed by atoms with Crippen molar-refractivity contribution < 1.29 is 14.3 Å². The fraction of sp³-hybridized carbons (Fsp3) is 0.692. The Morgan fingerprint density at radius 1 is 1.36 bits per heavy atom. The molecule has 22 heavy (non-hydrogen) atoms. The van der Waals surface area contributed by atoms with Crippen molar-refractivity contribution in [1.82, 2.24) is 10.2 Å². The van der Waals surface area contributed by atoms with Crippen molar-refractivity contribution in [2.24, 2.45) is 5.73 Å². The van der Waals surface area contributed by atoms with Gasteiger partial charge in [-0.25, -0.2) is 0 Å². The van der Waals surface area contributed by atoms with Crippen molar-refractivity contribution in [1.29, 1.82) is 0 Å². The Kier molecular flexibility index (Phi) is 6.16. The lowest BCUT2D eigenvalue weighted by Gasteiger charge is -2.31. The second kappa shape index (κ2) is 7.89. The van der Waals surface area contributed by atoms with Crippen molar-refractivity contribution in [2.75, 3.05) is 17.7 Å². The summed E-state index contributed by atoms with van der Waals surface area (Å²) in [6.07, 6.45) is 4.46. The van der Waals surface area contributed by atoms with E-state index in [1.807, 2.05) is 0 Å². The lowest BCUT2D eigenvalue weighted by atomic mass is 9.82. The van der Waals surface area contributed by atoms with Crippen LogP contribution < -0.4 is 11.1 Å². The van der Waals surface area contributed by atoms with Gasteiger partial charge in [0.2, 0.25) is 11.0 Å². The van der Waals surface area contributed by atoms with E-state index >= 15 is 0 Å². The average molecular weight is 344 g/mol. The zero-order valence-electron chi connectivity index (χ0n) is 12.5. The minimum absolute atomic E-state index is 0.178. The van der Waals surface area contributed by atoms with Gasteiger partial charge in [-0.1, -0.05) is 42.4 Å². The Morgan fingerprint density at radius 3 is 2.77 bits per heavy atom. The quantitative estimate of drug-likeness (QED) is 0.460. The summed E-state index contributed by atoms with van der Waals surface area (Å²) < 4.78 is 5.45. The van der Waals surface area contributed by atoms with E-state index < -0.39 is 5.54 Å². The van der Waals surface area contributed by atoms with Crippen LogP contribution >= 0.6 is 23.1 Å². The highest BCUT2D eigenvalue weighted by molar-refractivity contribution is 8.01.